The van der Waals surface area contributed by atoms with Crippen molar-refractivity contribution >= 4 is 0 Å². The van der Waals surface area contributed by atoms with Gasteiger partial charge in [-0.3, -0.25) is 4.68 Å². The van der Waals surface area contributed by atoms with E-state index in [9.17, 15) is 0 Å². The van der Waals surface area contributed by atoms with Crippen LogP contribution in [-0.2, 0) is 13.1 Å². The second-order valence-corrected chi connectivity index (χ2v) is 5.93. The molecule has 2 aromatic heterocycles. The van der Waals surface area contributed by atoms with E-state index < -0.39 is 0 Å². The third-order valence-electron chi connectivity index (χ3n) is 4.27. The second kappa shape index (κ2) is 6.43. The van der Waals surface area contributed by atoms with Gasteiger partial charge in [0.2, 0.25) is 5.89 Å². The molecule has 0 unspecified atom stereocenters. The first-order valence-corrected chi connectivity index (χ1v) is 7.90. The second-order valence-electron chi connectivity index (χ2n) is 5.93. The fraction of sp³-hybridized carbons (Fsp3) is 0.625. The van der Waals surface area contributed by atoms with Crippen LogP contribution < -0.4 is 5.32 Å². The van der Waals surface area contributed by atoms with E-state index in [-0.39, 0.29) is 0 Å². The van der Waals surface area contributed by atoms with Crippen molar-refractivity contribution in [1.82, 2.24) is 20.1 Å². The molecule has 1 N–H and O–H groups in total. The van der Waals surface area contributed by atoms with Crippen LogP contribution in [0.4, 0.5) is 0 Å². The lowest BCUT2D eigenvalue weighted by Gasteiger charge is -2.21. The fourth-order valence-corrected chi connectivity index (χ4v) is 2.93. The average Bonchev–Trinajstić information content (AvgIpc) is 3.08. The Kier molecular flexibility index (Phi) is 4.39. The van der Waals surface area contributed by atoms with Crippen molar-refractivity contribution in [3.8, 4) is 0 Å². The third-order valence-corrected chi connectivity index (χ3v) is 4.27. The zero-order valence-corrected chi connectivity index (χ0v) is 12.9. The molecule has 3 rings (SSSR count). The monoisotopic (exact) mass is 288 g/mol. The zero-order valence-electron chi connectivity index (χ0n) is 12.9. The summed E-state index contributed by atoms with van der Waals surface area (Å²) in [5, 5.41) is 8.03. The van der Waals surface area contributed by atoms with Gasteiger partial charge < -0.3 is 9.73 Å². The summed E-state index contributed by atoms with van der Waals surface area (Å²) in [5.74, 6) is 1.64. The molecule has 2 heterocycles. The van der Waals surface area contributed by atoms with Gasteiger partial charge in [0.25, 0.3) is 0 Å². The Bertz CT molecular complexity index is 561. The summed E-state index contributed by atoms with van der Waals surface area (Å²) in [6.45, 7) is 5.30. The van der Waals surface area contributed by atoms with Crippen molar-refractivity contribution in [2.75, 3.05) is 0 Å². The largest absolute Gasteiger partial charge is 0.444 e. The van der Waals surface area contributed by atoms with Crippen LogP contribution in [0.25, 0.3) is 0 Å². The number of nitrogens with zero attached hydrogens (tertiary/aromatic N) is 3. The molecule has 0 aromatic carbocycles. The van der Waals surface area contributed by atoms with Gasteiger partial charge in [0, 0.05) is 12.7 Å². The topological polar surface area (TPSA) is 55.9 Å². The highest BCUT2D eigenvalue weighted by molar-refractivity contribution is 5.05. The summed E-state index contributed by atoms with van der Waals surface area (Å²) in [6.07, 6.45) is 8.70. The Balaban J connectivity index is 1.50. The maximum Gasteiger partial charge on any atom is 0.208 e. The molecule has 114 valence electrons. The zero-order chi connectivity index (χ0) is 14.7. The van der Waals surface area contributed by atoms with E-state index in [0.717, 1.165) is 29.6 Å². The van der Waals surface area contributed by atoms with Gasteiger partial charge in [-0.2, -0.15) is 5.10 Å². The van der Waals surface area contributed by atoms with Gasteiger partial charge in [0.15, 0.2) is 0 Å². The smallest absolute Gasteiger partial charge is 0.208 e. The number of nitrogens with one attached hydrogen (secondary N) is 1. The summed E-state index contributed by atoms with van der Waals surface area (Å²) < 4.78 is 7.70. The van der Waals surface area contributed by atoms with Gasteiger partial charge in [0.1, 0.15) is 5.76 Å². The van der Waals surface area contributed by atoms with E-state index in [2.05, 4.69) is 27.2 Å². The van der Waals surface area contributed by atoms with Gasteiger partial charge in [-0.15, -0.1) is 0 Å². The van der Waals surface area contributed by atoms with Gasteiger partial charge >= 0.3 is 0 Å². The molecular formula is C16H24N4O. The van der Waals surface area contributed by atoms with Gasteiger partial charge in [-0.25, -0.2) is 4.98 Å². The Hall–Kier alpha value is -1.62. The number of aryl methyl sites for hydroxylation is 2. The Morgan fingerprint density at radius 3 is 2.76 bits per heavy atom. The van der Waals surface area contributed by atoms with Crippen molar-refractivity contribution in [3.63, 3.8) is 0 Å². The number of aromatic nitrogens is 3. The lowest BCUT2D eigenvalue weighted by atomic mass is 9.96. The molecule has 5 nitrogen and oxygen atoms in total. The lowest BCUT2D eigenvalue weighted by molar-refractivity contribution is 0.327. The van der Waals surface area contributed by atoms with Crippen LogP contribution in [0, 0.1) is 13.8 Å². The van der Waals surface area contributed by atoms with Crippen LogP contribution in [0.2, 0.25) is 0 Å². The number of rotatable bonds is 5. The molecule has 5 heteroatoms. The molecule has 0 amide bonds. The number of hydrogen-bond acceptors (Lipinski definition) is 4. The molecule has 0 spiro atoms. The first kappa shape index (κ1) is 14.3. The van der Waals surface area contributed by atoms with E-state index in [0.29, 0.717) is 12.6 Å². The minimum Gasteiger partial charge on any atom is -0.444 e. The van der Waals surface area contributed by atoms with Crippen LogP contribution in [0.5, 0.6) is 0 Å². The Labute approximate surface area is 125 Å². The Morgan fingerprint density at radius 2 is 2.05 bits per heavy atom. The van der Waals surface area contributed by atoms with Crippen LogP contribution >= 0.6 is 0 Å². The first-order valence-electron chi connectivity index (χ1n) is 7.90. The molecule has 1 fully saturated rings. The van der Waals surface area contributed by atoms with Crippen LogP contribution in [-0.4, -0.2) is 14.8 Å². The molecule has 0 radical (unpaired) electrons. The van der Waals surface area contributed by atoms with E-state index in [4.69, 9.17) is 9.52 Å². The summed E-state index contributed by atoms with van der Waals surface area (Å²) in [4.78, 5) is 4.37. The Morgan fingerprint density at radius 1 is 1.24 bits per heavy atom. The van der Waals surface area contributed by atoms with Crippen LogP contribution in [0.1, 0.15) is 61.2 Å². The summed E-state index contributed by atoms with van der Waals surface area (Å²) in [6, 6.07) is 2.71. The predicted molar refractivity (Wildman–Crippen MR) is 80.9 cm³/mol. The highest BCUT2D eigenvalue weighted by atomic mass is 16.4. The van der Waals surface area contributed by atoms with Crippen LogP contribution in [0.15, 0.2) is 16.7 Å². The van der Waals surface area contributed by atoms with E-state index >= 15 is 0 Å². The predicted octanol–water partition coefficient (Wildman–Crippen LogP) is 3.28. The summed E-state index contributed by atoms with van der Waals surface area (Å²) in [7, 11) is 0. The SMILES string of the molecule is Cc1nc(CNCc2ccn(C3CCCCC3)n2)oc1C. The summed E-state index contributed by atoms with van der Waals surface area (Å²) in [5.41, 5.74) is 2.05. The molecule has 0 saturated heterocycles. The molecule has 1 aliphatic rings. The molecule has 0 atom stereocenters. The normalized spacial score (nSPS) is 16.5. The molecule has 21 heavy (non-hydrogen) atoms. The summed E-state index contributed by atoms with van der Waals surface area (Å²) >= 11 is 0. The van der Waals surface area contributed by atoms with E-state index in [1.807, 2.05) is 13.8 Å². The maximum atomic E-state index is 5.55. The van der Waals surface area contributed by atoms with Crippen molar-refractivity contribution in [2.45, 2.75) is 65.1 Å². The fourth-order valence-electron chi connectivity index (χ4n) is 2.93. The van der Waals surface area contributed by atoms with Crippen molar-refractivity contribution in [1.29, 1.82) is 0 Å². The van der Waals surface area contributed by atoms with Crippen LogP contribution in [0.3, 0.4) is 0 Å². The van der Waals surface area contributed by atoms with E-state index in [1.54, 1.807) is 0 Å². The minimum absolute atomic E-state index is 0.601. The van der Waals surface area contributed by atoms with Gasteiger partial charge in [0.05, 0.1) is 24.0 Å². The van der Waals surface area contributed by atoms with Crippen molar-refractivity contribution < 1.29 is 4.42 Å². The average molecular weight is 288 g/mol. The molecular weight excluding hydrogens is 264 g/mol. The molecule has 0 aliphatic heterocycles. The highest BCUT2D eigenvalue weighted by Crippen LogP contribution is 2.27. The standard InChI is InChI=1S/C16H24N4O/c1-12-13(2)21-16(18-12)11-17-10-14-8-9-20(19-14)15-6-4-3-5-7-15/h8-9,15,17H,3-7,10-11H2,1-2H3. The van der Waals surface area contributed by atoms with Gasteiger partial charge in [-0.1, -0.05) is 19.3 Å². The molecule has 2 aromatic rings. The molecule has 1 aliphatic carbocycles. The quantitative estimate of drug-likeness (QED) is 0.917. The lowest BCUT2D eigenvalue weighted by Crippen LogP contribution is -2.16. The van der Waals surface area contributed by atoms with Crippen molar-refractivity contribution in [3.05, 3.63) is 35.3 Å². The van der Waals surface area contributed by atoms with Crippen molar-refractivity contribution in [2.24, 2.45) is 0 Å². The maximum absolute atomic E-state index is 5.55. The number of hydrogen-bond donors (Lipinski definition) is 1. The molecule has 1 saturated carbocycles. The first-order chi connectivity index (χ1) is 10.2. The number of oxazole rings is 1. The molecule has 0 bridgehead atoms. The minimum atomic E-state index is 0.601. The highest BCUT2D eigenvalue weighted by Gasteiger charge is 2.15. The third kappa shape index (κ3) is 3.53. The van der Waals surface area contributed by atoms with Gasteiger partial charge in [-0.05, 0) is 32.8 Å². The van der Waals surface area contributed by atoms with E-state index in [1.165, 1.54) is 32.1 Å².